The van der Waals surface area contributed by atoms with E-state index in [9.17, 15) is 15.2 Å². The first-order valence-corrected chi connectivity index (χ1v) is 6.31. The minimum absolute atomic E-state index is 0.0830. The molecule has 0 aromatic heterocycles. The maximum atomic E-state index is 10.8. The average molecular weight is 265 g/mol. The van der Waals surface area contributed by atoms with Gasteiger partial charge >= 0.3 is 0 Å². The summed E-state index contributed by atoms with van der Waals surface area (Å²) in [7, 11) is 1.67. The van der Waals surface area contributed by atoms with Crippen LogP contribution in [0.4, 0.5) is 11.4 Å². The number of nitrogens with one attached hydrogen (secondary N) is 1. The Morgan fingerprint density at radius 1 is 1.58 bits per heavy atom. The van der Waals surface area contributed by atoms with Gasteiger partial charge in [-0.2, -0.15) is 0 Å². The van der Waals surface area contributed by atoms with Gasteiger partial charge in [-0.15, -0.1) is 0 Å². The molecule has 0 amide bonds. The van der Waals surface area contributed by atoms with E-state index >= 15 is 0 Å². The van der Waals surface area contributed by atoms with Crippen LogP contribution >= 0.6 is 0 Å². The Hall–Kier alpha value is -1.66. The standard InChI is InChI=1S/C13H19N3O3/c1-13(17)5-6-15(9-13)8-10-3-4-12(16(18)19)11(7-10)14-2/h3-4,7,14,17H,5-6,8-9H2,1-2H3. The topological polar surface area (TPSA) is 78.6 Å². The maximum absolute atomic E-state index is 10.8. The van der Waals surface area contributed by atoms with Crippen LogP contribution in [0.25, 0.3) is 0 Å². The van der Waals surface area contributed by atoms with Crippen molar-refractivity contribution in [3.8, 4) is 0 Å². The van der Waals surface area contributed by atoms with Crippen molar-refractivity contribution < 1.29 is 10.0 Å². The highest BCUT2D eigenvalue weighted by molar-refractivity contribution is 5.62. The van der Waals surface area contributed by atoms with Crippen molar-refractivity contribution in [1.82, 2.24) is 4.90 Å². The van der Waals surface area contributed by atoms with E-state index in [0.717, 1.165) is 18.5 Å². The molecule has 1 fully saturated rings. The zero-order valence-electron chi connectivity index (χ0n) is 11.2. The largest absolute Gasteiger partial charge is 0.389 e. The second-order valence-corrected chi connectivity index (χ2v) is 5.32. The van der Waals surface area contributed by atoms with Gasteiger partial charge in [0, 0.05) is 32.7 Å². The third kappa shape index (κ3) is 3.21. The molecule has 1 aromatic carbocycles. The first-order chi connectivity index (χ1) is 8.91. The number of anilines is 1. The zero-order chi connectivity index (χ0) is 14.0. The van der Waals surface area contributed by atoms with Crippen LogP contribution in [-0.2, 0) is 6.54 Å². The van der Waals surface area contributed by atoms with E-state index in [0.29, 0.717) is 18.8 Å². The second kappa shape index (κ2) is 5.14. The van der Waals surface area contributed by atoms with Crippen molar-refractivity contribution in [3.05, 3.63) is 33.9 Å². The van der Waals surface area contributed by atoms with Crippen molar-refractivity contribution in [2.45, 2.75) is 25.5 Å². The molecule has 1 aliphatic heterocycles. The van der Waals surface area contributed by atoms with Crippen LogP contribution in [0.15, 0.2) is 18.2 Å². The van der Waals surface area contributed by atoms with E-state index < -0.39 is 10.5 Å². The third-order valence-electron chi connectivity index (χ3n) is 3.46. The van der Waals surface area contributed by atoms with Crippen LogP contribution in [0.1, 0.15) is 18.9 Å². The minimum Gasteiger partial charge on any atom is -0.389 e. The molecule has 0 spiro atoms. The number of nitro benzene ring substituents is 1. The summed E-state index contributed by atoms with van der Waals surface area (Å²) in [5.74, 6) is 0. The van der Waals surface area contributed by atoms with E-state index in [1.165, 1.54) is 6.07 Å². The summed E-state index contributed by atoms with van der Waals surface area (Å²) < 4.78 is 0. The first-order valence-electron chi connectivity index (χ1n) is 6.31. The highest BCUT2D eigenvalue weighted by atomic mass is 16.6. The lowest BCUT2D eigenvalue weighted by molar-refractivity contribution is -0.384. The molecular formula is C13H19N3O3. The summed E-state index contributed by atoms with van der Waals surface area (Å²) in [6.45, 7) is 4.02. The minimum atomic E-state index is -0.618. The molecule has 0 saturated carbocycles. The number of nitro groups is 1. The van der Waals surface area contributed by atoms with Gasteiger partial charge in [0.25, 0.3) is 5.69 Å². The van der Waals surface area contributed by atoms with Crippen molar-refractivity contribution in [2.24, 2.45) is 0 Å². The smallest absolute Gasteiger partial charge is 0.292 e. The number of benzene rings is 1. The molecule has 19 heavy (non-hydrogen) atoms. The fourth-order valence-corrected chi connectivity index (χ4v) is 2.47. The van der Waals surface area contributed by atoms with E-state index in [-0.39, 0.29) is 5.69 Å². The number of rotatable bonds is 4. The summed E-state index contributed by atoms with van der Waals surface area (Å²) in [6, 6.07) is 5.09. The Morgan fingerprint density at radius 2 is 2.32 bits per heavy atom. The van der Waals surface area contributed by atoms with Gasteiger partial charge in [-0.1, -0.05) is 6.07 Å². The maximum Gasteiger partial charge on any atom is 0.292 e. The number of β-amino-alcohol motifs (C(OH)–C–C–N with tert-alkyl or cyclic N) is 1. The predicted octanol–water partition coefficient (Wildman–Crippen LogP) is 1.59. The molecule has 1 aromatic rings. The van der Waals surface area contributed by atoms with Crippen LogP contribution in [0.3, 0.4) is 0 Å². The zero-order valence-corrected chi connectivity index (χ0v) is 11.2. The molecule has 6 nitrogen and oxygen atoms in total. The SMILES string of the molecule is CNc1cc(CN2CCC(C)(O)C2)ccc1[N+](=O)[O-]. The Morgan fingerprint density at radius 3 is 2.84 bits per heavy atom. The molecule has 1 unspecified atom stereocenters. The molecule has 0 aliphatic carbocycles. The monoisotopic (exact) mass is 265 g/mol. The first kappa shape index (κ1) is 13.8. The normalized spacial score (nSPS) is 23.5. The quantitative estimate of drug-likeness (QED) is 0.638. The summed E-state index contributed by atoms with van der Waals surface area (Å²) >= 11 is 0. The van der Waals surface area contributed by atoms with E-state index in [2.05, 4.69) is 10.2 Å². The van der Waals surface area contributed by atoms with Gasteiger partial charge in [-0.3, -0.25) is 15.0 Å². The van der Waals surface area contributed by atoms with Crippen LogP contribution < -0.4 is 5.32 Å². The molecule has 2 N–H and O–H groups in total. The Kier molecular flexibility index (Phi) is 3.73. The molecule has 6 heteroatoms. The lowest BCUT2D eigenvalue weighted by Crippen LogP contribution is -2.29. The Labute approximate surface area is 112 Å². The molecule has 1 atom stereocenters. The fourth-order valence-electron chi connectivity index (χ4n) is 2.47. The van der Waals surface area contributed by atoms with Crippen molar-refractivity contribution in [1.29, 1.82) is 0 Å². The lowest BCUT2D eigenvalue weighted by atomic mass is 10.1. The Balaban J connectivity index is 2.12. The summed E-state index contributed by atoms with van der Waals surface area (Å²) in [5.41, 5.74) is 0.993. The molecule has 0 radical (unpaired) electrons. The molecule has 2 rings (SSSR count). The third-order valence-corrected chi connectivity index (χ3v) is 3.46. The molecule has 104 valence electrons. The average Bonchev–Trinajstić information content (AvgIpc) is 2.68. The van der Waals surface area contributed by atoms with Crippen LogP contribution in [0.5, 0.6) is 0 Å². The highest BCUT2D eigenvalue weighted by Crippen LogP contribution is 2.27. The molecular weight excluding hydrogens is 246 g/mol. The van der Waals surface area contributed by atoms with Crippen LogP contribution in [0, 0.1) is 10.1 Å². The molecule has 1 aliphatic rings. The number of hydrogen-bond acceptors (Lipinski definition) is 5. The van der Waals surface area contributed by atoms with Crippen LogP contribution in [-0.4, -0.2) is 40.7 Å². The summed E-state index contributed by atoms with van der Waals surface area (Å²) in [6.07, 6.45) is 0.763. The predicted molar refractivity (Wildman–Crippen MR) is 73.2 cm³/mol. The number of hydrogen-bond donors (Lipinski definition) is 2. The van der Waals surface area contributed by atoms with Gasteiger partial charge in [-0.25, -0.2) is 0 Å². The van der Waals surface area contributed by atoms with Crippen LogP contribution in [0.2, 0.25) is 0 Å². The Bertz CT molecular complexity index is 488. The lowest BCUT2D eigenvalue weighted by Gasteiger charge is -2.19. The summed E-state index contributed by atoms with van der Waals surface area (Å²) in [5, 5.41) is 23.6. The number of nitrogens with zero attached hydrogens (tertiary/aromatic N) is 2. The molecule has 0 bridgehead atoms. The van der Waals surface area contributed by atoms with E-state index in [1.54, 1.807) is 19.2 Å². The summed E-state index contributed by atoms with van der Waals surface area (Å²) in [4.78, 5) is 12.6. The van der Waals surface area contributed by atoms with Crippen molar-refractivity contribution in [3.63, 3.8) is 0 Å². The second-order valence-electron chi connectivity index (χ2n) is 5.32. The van der Waals surface area contributed by atoms with Crippen molar-refractivity contribution >= 4 is 11.4 Å². The highest BCUT2D eigenvalue weighted by Gasteiger charge is 2.31. The fraction of sp³-hybridized carbons (Fsp3) is 0.538. The number of aliphatic hydroxyl groups is 1. The van der Waals surface area contributed by atoms with E-state index in [1.807, 2.05) is 6.92 Å². The van der Waals surface area contributed by atoms with Crippen molar-refractivity contribution in [2.75, 3.05) is 25.5 Å². The molecule has 1 heterocycles. The number of likely N-dealkylation sites (tertiary alicyclic amines) is 1. The van der Waals surface area contributed by atoms with Gasteiger partial charge in [0.1, 0.15) is 5.69 Å². The van der Waals surface area contributed by atoms with Gasteiger partial charge in [0.05, 0.1) is 10.5 Å². The molecule has 1 saturated heterocycles. The van der Waals surface area contributed by atoms with Gasteiger partial charge in [-0.05, 0) is 25.0 Å². The van der Waals surface area contributed by atoms with Gasteiger partial charge in [0.2, 0.25) is 0 Å². The van der Waals surface area contributed by atoms with Gasteiger partial charge in [0.15, 0.2) is 0 Å². The van der Waals surface area contributed by atoms with E-state index in [4.69, 9.17) is 0 Å². The van der Waals surface area contributed by atoms with Gasteiger partial charge < -0.3 is 10.4 Å².